The van der Waals surface area contributed by atoms with Crippen LogP contribution < -0.4 is 5.48 Å². The maximum absolute atomic E-state index is 12.8. The molecule has 4 rings (SSSR count). The average Bonchev–Trinajstić information content (AvgIpc) is 2.59. The smallest absolute Gasteiger partial charge is 0.168 e. The number of hydrogen-bond donors (Lipinski definition) is 1. The molecule has 0 aliphatic heterocycles. The molecule has 4 aliphatic rings. The van der Waals surface area contributed by atoms with Gasteiger partial charge in [-0.15, -0.1) is 6.58 Å². The number of fused-ring (bicyclic) bond motifs is 2. The van der Waals surface area contributed by atoms with Crippen LogP contribution in [0.5, 0.6) is 0 Å². The van der Waals surface area contributed by atoms with Crippen LogP contribution in [0.1, 0.15) is 59.8 Å². The molecule has 4 aliphatic carbocycles. The number of Topliss-reactive ketones (excluding diaryl/α,β-unsaturated/α-hetero) is 2. The first-order chi connectivity index (χ1) is 12.3. The van der Waals surface area contributed by atoms with Gasteiger partial charge in [-0.2, -0.15) is 0 Å². The van der Waals surface area contributed by atoms with Crippen molar-refractivity contribution in [3.05, 3.63) is 23.9 Å². The molecule has 26 heavy (non-hydrogen) atoms. The minimum absolute atomic E-state index is 0.0106. The van der Waals surface area contributed by atoms with Gasteiger partial charge in [0.2, 0.25) is 0 Å². The van der Waals surface area contributed by atoms with Crippen LogP contribution in [0, 0.1) is 35.0 Å². The highest BCUT2D eigenvalue weighted by Gasteiger charge is 2.57. The molecule has 4 unspecified atom stereocenters. The normalized spacial score (nSPS) is 35.7. The van der Waals surface area contributed by atoms with E-state index in [9.17, 15) is 9.59 Å². The maximum atomic E-state index is 12.8. The molecule has 1 N–H and O–H groups in total. The summed E-state index contributed by atoms with van der Waals surface area (Å²) in [6.07, 6.45) is 5.71. The van der Waals surface area contributed by atoms with E-state index in [1.807, 2.05) is 6.92 Å². The second-order valence-corrected chi connectivity index (χ2v) is 9.04. The van der Waals surface area contributed by atoms with Crippen molar-refractivity contribution < 1.29 is 14.4 Å². The van der Waals surface area contributed by atoms with Crippen molar-refractivity contribution in [3.63, 3.8) is 0 Å². The van der Waals surface area contributed by atoms with Crippen molar-refractivity contribution in [1.82, 2.24) is 5.48 Å². The van der Waals surface area contributed by atoms with Crippen LogP contribution in [-0.4, -0.2) is 18.2 Å². The second kappa shape index (κ2) is 7.30. The van der Waals surface area contributed by atoms with Crippen molar-refractivity contribution in [3.8, 4) is 0 Å². The van der Waals surface area contributed by atoms with Gasteiger partial charge in [0.1, 0.15) is 0 Å². The molecule has 0 saturated heterocycles. The molecular formula is C22H33NO3. The molecule has 4 fully saturated rings. The number of hydrogen-bond acceptors (Lipinski definition) is 4. The predicted molar refractivity (Wildman–Crippen MR) is 102 cm³/mol. The summed E-state index contributed by atoms with van der Waals surface area (Å²) in [4.78, 5) is 30.9. The number of hydroxylamine groups is 1. The number of nitrogens with one attached hydrogen (secondary N) is 1. The fourth-order valence-electron chi connectivity index (χ4n) is 5.85. The van der Waals surface area contributed by atoms with E-state index in [-0.39, 0.29) is 17.5 Å². The van der Waals surface area contributed by atoms with Crippen molar-refractivity contribution in [2.24, 2.45) is 35.0 Å². The van der Waals surface area contributed by atoms with E-state index in [1.165, 1.54) is 12.8 Å². The van der Waals surface area contributed by atoms with Gasteiger partial charge in [0.25, 0.3) is 0 Å². The number of carbonyl (C=O) groups is 2. The monoisotopic (exact) mass is 359 g/mol. The van der Waals surface area contributed by atoms with Crippen molar-refractivity contribution in [1.29, 1.82) is 0 Å². The van der Waals surface area contributed by atoms with Crippen LogP contribution in [0.4, 0.5) is 0 Å². The summed E-state index contributed by atoms with van der Waals surface area (Å²) >= 11 is 0. The lowest BCUT2D eigenvalue weighted by atomic mass is 9.42. The van der Waals surface area contributed by atoms with Gasteiger partial charge in [-0.25, -0.2) is 0 Å². The molecule has 4 nitrogen and oxygen atoms in total. The Labute approximate surface area is 157 Å². The molecule has 0 aromatic rings. The summed E-state index contributed by atoms with van der Waals surface area (Å²) in [5.41, 5.74) is 4.18. The van der Waals surface area contributed by atoms with E-state index >= 15 is 0 Å². The van der Waals surface area contributed by atoms with Crippen LogP contribution in [-0.2, 0) is 14.4 Å². The lowest BCUT2D eigenvalue weighted by Gasteiger charge is -2.63. The fraction of sp³-hybridized carbons (Fsp3) is 0.727. The Morgan fingerprint density at radius 1 is 1.27 bits per heavy atom. The number of ketones is 2. The molecule has 0 heterocycles. The van der Waals surface area contributed by atoms with E-state index in [2.05, 4.69) is 32.8 Å². The molecule has 0 aromatic heterocycles. The quantitative estimate of drug-likeness (QED) is 0.254. The zero-order chi connectivity index (χ0) is 19.1. The lowest BCUT2D eigenvalue weighted by Crippen LogP contribution is -2.56. The van der Waals surface area contributed by atoms with Gasteiger partial charge < -0.3 is 0 Å². The molecule has 4 atom stereocenters. The summed E-state index contributed by atoms with van der Waals surface area (Å²) in [5, 5.41) is 0. The van der Waals surface area contributed by atoms with E-state index < -0.39 is 0 Å². The topological polar surface area (TPSA) is 55.4 Å². The van der Waals surface area contributed by atoms with E-state index in [4.69, 9.17) is 4.84 Å². The van der Waals surface area contributed by atoms with Gasteiger partial charge in [0.05, 0.1) is 17.9 Å². The predicted octanol–water partition coefficient (Wildman–Crippen LogP) is 4.22. The van der Waals surface area contributed by atoms with Crippen LogP contribution in [0.25, 0.3) is 0 Å². The molecule has 0 radical (unpaired) electrons. The summed E-state index contributed by atoms with van der Waals surface area (Å²) in [5.74, 6) is 2.81. The Kier molecular flexibility index (Phi) is 5.43. The molecule has 144 valence electrons. The van der Waals surface area contributed by atoms with Crippen LogP contribution >= 0.6 is 0 Å². The SMILES string of the molecule is C=CCONC(CC)=C1C(=O)CC(C2CC3CC(C2C)C3(C)C)CC1=O. The minimum Gasteiger partial charge on any atom is -0.294 e. The van der Waals surface area contributed by atoms with Gasteiger partial charge in [0, 0.05) is 12.8 Å². The molecule has 4 heteroatoms. The Morgan fingerprint density at radius 2 is 1.92 bits per heavy atom. The number of allylic oxidation sites excluding steroid dienone is 2. The molecule has 0 aromatic carbocycles. The summed E-state index contributed by atoms with van der Waals surface area (Å²) in [7, 11) is 0. The van der Waals surface area contributed by atoms with Crippen molar-refractivity contribution in [2.75, 3.05) is 6.61 Å². The number of carbonyl (C=O) groups excluding carboxylic acids is 2. The second-order valence-electron chi connectivity index (χ2n) is 9.04. The number of rotatable bonds is 6. The van der Waals surface area contributed by atoms with Crippen LogP contribution in [0.3, 0.4) is 0 Å². The first-order valence-corrected chi connectivity index (χ1v) is 10.1. The fourth-order valence-corrected chi connectivity index (χ4v) is 5.85. The molecule has 4 saturated carbocycles. The zero-order valence-electron chi connectivity index (χ0n) is 16.6. The van der Waals surface area contributed by atoms with Crippen molar-refractivity contribution in [2.45, 2.75) is 59.8 Å². The van der Waals surface area contributed by atoms with Gasteiger partial charge in [-0.3, -0.25) is 19.9 Å². The zero-order valence-corrected chi connectivity index (χ0v) is 16.6. The van der Waals surface area contributed by atoms with Crippen molar-refractivity contribution >= 4 is 11.6 Å². The molecule has 0 spiro atoms. The standard InChI is InChI=1S/C22H33NO3/c1-6-8-26-23-18(7-2)21-19(24)9-14(10-20(21)25)16-11-15-12-17(13(16)3)22(15,4)5/h6,13-17,23H,1,7-12H2,2-5H3. The van der Waals surface area contributed by atoms with E-state index in [0.717, 1.165) is 11.8 Å². The Bertz CT molecular complexity index is 613. The molecular weight excluding hydrogens is 326 g/mol. The van der Waals surface area contributed by atoms with Crippen LogP contribution in [0.15, 0.2) is 23.9 Å². The highest BCUT2D eigenvalue weighted by atomic mass is 16.6. The van der Waals surface area contributed by atoms with Gasteiger partial charge >= 0.3 is 0 Å². The Balaban J connectivity index is 1.72. The van der Waals surface area contributed by atoms with Gasteiger partial charge in [0.15, 0.2) is 11.6 Å². The minimum atomic E-state index is -0.0106. The van der Waals surface area contributed by atoms with Gasteiger partial charge in [-0.05, 0) is 54.3 Å². The summed E-state index contributed by atoms with van der Waals surface area (Å²) < 4.78 is 0. The average molecular weight is 360 g/mol. The highest BCUT2D eigenvalue weighted by molar-refractivity contribution is 6.22. The Morgan fingerprint density at radius 3 is 2.42 bits per heavy atom. The molecule has 2 bridgehead atoms. The molecule has 0 amide bonds. The van der Waals surface area contributed by atoms with E-state index in [1.54, 1.807) is 6.08 Å². The summed E-state index contributed by atoms with van der Waals surface area (Å²) in [6.45, 7) is 13.0. The van der Waals surface area contributed by atoms with E-state index in [0.29, 0.717) is 54.4 Å². The lowest BCUT2D eigenvalue weighted by molar-refractivity contribution is -0.148. The maximum Gasteiger partial charge on any atom is 0.168 e. The Hall–Kier alpha value is -1.42. The third-order valence-electron chi connectivity index (χ3n) is 7.52. The largest absolute Gasteiger partial charge is 0.294 e. The third-order valence-corrected chi connectivity index (χ3v) is 7.52. The first-order valence-electron chi connectivity index (χ1n) is 10.1. The highest BCUT2D eigenvalue weighted by Crippen LogP contribution is 2.64. The summed E-state index contributed by atoms with van der Waals surface area (Å²) in [6, 6.07) is 0. The van der Waals surface area contributed by atoms with Gasteiger partial charge in [-0.1, -0.05) is 33.8 Å². The first kappa shape index (κ1) is 19.3. The van der Waals surface area contributed by atoms with Crippen LogP contribution in [0.2, 0.25) is 0 Å². The third kappa shape index (κ3) is 3.17.